The van der Waals surface area contributed by atoms with Crippen molar-refractivity contribution in [1.82, 2.24) is 10.3 Å². The Morgan fingerprint density at radius 2 is 2.13 bits per heavy atom. The first-order valence-corrected chi connectivity index (χ1v) is 5.18. The summed E-state index contributed by atoms with van der Waals surface area (Å²) < 4.78 is 0. The first-order valence-electron chi connectivity index (χ1n) is 5.18. The van der Waals surface area contributed by atoms with Gasteiger partial charge in [0, 0.05) is 36.0 Å². The minimum absolute atomic E-state index is 0.165. The minimum atomic E-state index is 0.165. The van der Waals surface area contributed by atoms with E-state index in [-0.39, 0.29) is 5.54 Å². The van der Waals surface area contributed by atoms with E-state index < -0.39 is 0 Å². The van der Waals surface area contributed by atoms with Crippen molar-refractivity contribution in [1.29, 1.82) is 0 Å². The molecule has 1 heterocycles. The Morgan fingerprint density at radius 3 is 2.60 bits per heavy atom. The van der Waals surface area contributed by atoms with E-state index in [0.717, 1.165) is 24.2 Å². The Kier molecular flexibility index (Phi) is 3.88. The van der Waals surface area contributed by atoms with Gasteiger partial charge in [-0.1, -0.05) is 5.92 Å². The van der Waals surface area contributed by atoms with E-state index >= 15 is 0 Å². The molecule has 1 N–H and O–H groups in total. The van der Waals surface area contributed by atoms with Crippen LogP contribution in [0.25, 0.3) is 0 Å². The van der Waals surface area contributed by atoms with Crippen molar-refractivity contribution in [3.05, 3.63) is 29.6 Å². The molecular formula is C13H18N2. The maximum absolute atomic E-state index is 5.25. The van der Waals surface area contributed by atoms with Crippen molar-refractivity contribution in [3.8, 4) is 12.3 Å². The third-order valence-electron chi connectivity index (χ3n) is 2.03. The van der Waals surface area contributed by atoms with E-state index in [1.54, 1.807) is 6.20 Å². The predicted molar refractivity (Wildman–Crippen MR) is 63.6 cm³/mol. The van der Waals surface area contributed by atoms with Gasteiger partial charge in [0.15, 0.2) is 0 Å². The standard InChI is InChI=1S/C13H18N2/c1-5-11-6-7-12(14-10-11)8-9-15-13(2,3)4/h1,6-7,10,15H,8-9H2,2-4H3. The lowest BCUT2D eigenvalue weighted by atomic mass is 10.1. The van der Waals surface area contributed by atoms with Crippen LogP contribution in [0.2, 0.25) is 0 Å². The predicted octanol–water partition coefficient (Wildman–Crippen LogP) is 1.99. The van der Waals surface area contributed by atoms with Gasteiger partial charge in [0.1, 0.15) is 0 Å². The highest BCUT2D eigenvalue weighted by Gasteiger charge is 2.07. The molecule has 0 atom stereocenters. The van der Waals surface area contributed by atoms with Crippen molar-refractivity contribution in [2.45, 2.75) is 32.7 Å². The summed E-state index contributed by atoms with van der Waals surface area (Å²) in [4.78, 5) is 4.29. The number of nitrogens with one attached hydrogen (secondary N) is 1. The Hall–Kier alpha value is -1.33. The lowest BCUT2D eigenvalue weighted by Gasteiger charge is -2.20. The Labute approximate surface area is 92.1 Å². The zero-order valence-corrected chi connectivity index (χ0v) is 9.67. The van der Waals surface area contributed by atoms with Crippen LogP contribution in [0.5, 0.6) is 0 Å². The minimum Gasteiger partial charge on any atom is -0.312 e. The molecule has 0 aromatic carbocycles. The van der Waals surface area contributed by atoms with Crippen molar-refractivity contribution in [3.63, 3.8) is 0 Å². The third-order valence-corrected chi connectivity index (χ3v) is 2.03. The molecule has 1 rings (SSSR count). The van der Waals surface area contributed by atoms with Crippen LogP contribution in [-0.4, -0.2) is 17.1 Å². The number of hydrogen-bond donors (Lipinski definition) is 1. The molecule has 0 radical (unpaired) electrons. The van der Waals surface area contributed by atoms with Gasteiger partial charge in [0.05, 0.1) is 0 Å². The van der Waals surface area contributed by atoms with Gasteiger partial charge in [-0.15, -0.1) is 6.42 Å². The molecule has 2 heteroatoms. The van der Waals surface area contributed by atoms with E-state index in [9.17, 15) is 0 Å². The van der Waals surface area contributed by atoms with Crippen LogP contribution < -0.4 is 5.32 Å². The Morgan fingerprint density at radius 1 is 1.40 bits per heavy atom. The largest absolute Gasteiger partial charge is 0.312 e. The molecule has 0 unspecified atom stereocenters. The molecular weight excluding hydrogens is 184 g/mol. The second-order valence-electron chi connectivity index (χ2n) is 4.61. The summed E-state index contributed by atoms with van der Waals surface area (Å²) in [6.45, 7) is 7.40. The zero-order valence-electron chi connectivity index (χ0n) is 9.67. The maximum Gasteiger partial charge on any atom is 0.0427 e. The fraction of sp³-hybridized carbons (Fsp3) is 0.462. The number of terminal acetylenes is 1. The third kappa shape index (κ3) is 4.62. The van der Waals surface area contributed by atoms with Crippen LogP contribution in [0.4, 0.5) is 0 Å². The number of aromatic nitrogens is 1. The molecule has 0 aliphatic rings. The maximum atomic E-state index is 5.25. The van der Waals surface area contributed by atoms with Gasteiger partial charge >= 0.3 is 0 Å². The first-order chi connectivity index (χ1) is 7.01. The molecule has 15 heavy (non-hydrogen) atoms. The summed E-state index contributed by atoms with van der Waals surface area (Å²) in [6.07, 6.45) is 7.93. The highest BCUT2D eigenvalue weighted by molar-refractivity contribution is 5.29. The SMILES string of the molecule is C#Cc1ccc(CCNC(C)(C)C)nc1. The van der Waals surface area contributed by atoms with Crippen molar-refractivity contribution in [2.24, 2.45) is 0 Å². The monoisotopic (exact) mass is 202 g/mol. The molecule has 0 bridgehead atoms. The van der Waals surface area contributed by atoms with E-state index in [2.05, 4.69) is 37.0 Å². The van der Waals surface area contributed by atoms with E-state index in [0.29, 0.717) is 0 Å². The lowest BCUT2D eigenvalue weighted by Crippen LogP contribution is -2.37. The second kappa shape index (κ2) is 4.95. The molecule has 0 aliphatic heterocycles. The molecule has 0 fully saturated rings. The molecule has 0 aliphatic carbocycles. The summed E-state index contributed by atoms with van der Waals surface area (Å²) in [5.41, 5.74) is 2.08. The average Bonchev–Trinajstić information content (AvgIpc) is 2.17. The van der Waals surface area contributed by atoms with Crippen molar-refractivity contribution < 1.29 is 0 Å². The fourth-order valence-corrected chi connectivity index (χ4v) is 1.22. The van der Waals surface area contributed by atoms with Gasteiger partial charge in [-0.25, -0.2) is 0 Å². The highest BCUT2D eigenvalue weighted by atomic mass is 14.9. The normalized spacial score (nSPS) is 11.1. The fourth-order valence-electron chi connectivity index (χ4n) is 1.22. The lowest BCUT2D eigenvalue weighted by molar-refractivity contribution is 0.428. The van der Waals surface area contributed by atoms with Crippen molar-refractivity contribution >= 4 is 0 Å². The van der Waals surface area contributed by atoms with E-state index in [1.165, 1.54) is 0 Å². The molecule has 2 nitrogen and oxygen atoms in total. The van der Waals surface area contributed by atoms with E-state index in [4.69, 9.17) is 6.42 Å². The molecule has 1 aromatic rings. The number of nitrogens with zero attached hydrogens (tertiary/aromatic N) is 1. The van der Waals surface area contributed by atoms with Gasteiger partial charge in [-0.3, -0.25) is 4.98 Å². The van der Waals surface area contributed by atoms with Crippen LogP contribution in [0.3, 0.4) is 0 Å². The van der Waals surface area contributed by atoms with Crippen LogP contribution in [0.1, 0.15) is 32.0 Å². The Bertz CT molecular complexity index is 338. The van der Waals surface area contributed by atoms with Gasteiger partial charge < -0.3 is 5.32 Å². The quantitative estimate of drug-likeness (QED) is 0.758. The molecule has 0 spiro atoms. The summed E-state index contributed by atoms with van der Waals surface area (Å²) >= 11 is 0. The highest BCUT2D eigenvalue weighted by Crippen LogP contribution is 2.01. The number of hydrogen-bond acceptors (Lipinski definition) is 2. The summed E-state index contributed by atoms with van der Waals surface area (Å²) in [5.74, 6) is 2.56. The van der Waals surface area contributed by atoms with Crippen LogP contribution in [-0.2, 0) is 6.42 Å². The number of rotatable bonds is 3. The second-order valence-corrected chi connectivity index (χ2v) is 4.61. The van der Waals surface area contributed by atoms with E-state index in [1.807, 2.05) is 12.1 Å². The Balaban J connectivity index is 2.42. The van der Waals surface area contributed by atoms with Gasteiger partial charge in [-0.05, 0) is 32.9 Å². The van der Waals surface area contributed by atoms with Crippen LogP contribution >= 0.6 is 0 Å². The van der Waals surface area contributed by atoms with Gasteiger partial charge in [0.25, 0.3) is 0 Å². The zero-order chi connectivity index (χ0) is 11.3. The van der Waals surface area contributed by atoms with Crippen molar-refractivity contribution in [2.75, 3.05) is 6.54 Å². The smallest absolute Gasteiger partial charge is 0.0427 e. The molecule has 0 saturated carbocycles. The van der Waals surface area contributed by atoms with Crippen LogP contribution in [0.15, 0.2) is 18.3 Å². The molecule has 0 amide bonds. The first kappa shape index (κ1) is 11.7. The molecule has 80 valence electrons. The van der Waals surface area contributed by atoms with Gasteiger partial charge in [0.2, 0.25) is 0 Å². The van der Waals surface area contributed by atoms with Gasteiger partial charge in [-0.2, -0.15) is 0 Å². The summed E-state index contributed by atoms with van der Waals surface area (Å²) in [7, 11) is 0. The molecule has 0 saturated heterocycles. The summed E-state index contributed by atoms with van der Waals surface area (Å²) in [6, 6.07) is 3.92. The molecule has 1 aromatic heterocycles. The summed E-state index contributed by atoms with van der Waals surface area (Å²) in [5, 5.41) is 3.42. The van der Waals surface area contributed by atoms with Crippen LogP contribution in [0, 0.1) is 12.3 Å². The average molecular weight is 202 g/mol. The topological polar surface area (TPSA) is 24.9 Å². The number of pyridine rings is 1.